The quantitative estimate of drug-likeness (QED) is 0.604. The first-order valence-electron chi connectivity index (χ1n) is 6.67. The van der Waals surface area contributed by atoms with Gasteiger partial charge in [-0.1, -0.05) is 29.8 Å². The molecule has 0 saturated carbocycles. The van der Waals surface area contributed by atoms with Crippen LogP contribution in [0.5, 0.6) is 0 Å². The van der Waals surface area contributed by atoms with Gasteiger partial charge in [-0.05, 0) is 18.2 Å². The monoisotopic (exact) mass is 344 g/mol. The van der Waals surface area contributed by atoms with E-state index in [0.717, 1.165) is 0 Å². The van der Waals surface area contributed by atoms with E-state index < -0.39 is 9.84 Å². The average Bonchev–Trinajstić information content (AvgIpc) is 3.00. The number of nitrogens with one attached hydrogen (secondary N) is 1. The van der Waals surface area contributed by atoms with E-state index in [4.69, 9.17) is 11.6 Å². The Labute approximate surface area is 136 Å². The Morgan fingerprint density at radius 1 is 1.00 bits per heavy atom. The molecule has 0 saturated heterocycles. The summed E-state index contributed by atoms with van der Waals surface area (Å²) in [7, 11) is -3.72. The van der Waals surface area contributed by atoms with Crippen LogP contribution >= 0.6 is 11.6 Å². The van der Waals surface area contributed by atoms with Crippen molar-refractivity contribution in [2.45, 2.75) is 9.79 Å². The van der Waals surface area contributed by atoms with Gasteiger partial charge in [-0.3, -0.25) is 0 Å². The molecule has 0 aliphatic rings. The first kappa shape index (κ1) is 14.1. The smallest absolute Gasteiger partial charge is 0.208 e. The number of hydrogen-bond acceptors (Lipinski definition) is 5. The number of hydrogen-bond donors (Lipinski definition) is 1. The maximum Gasteiger partial charge on any atom is 0.208 e. The highest BCUT2D eigenvalue weighted by molar-refractivity contribution is 7.91. The molecule has 4 rings (SSSR count). The van der Waals surface area contributed by atoms with E-state index in [1.54, 1.807) is 36.4 Å². The summed E-state index contributed by atoms with van der Waals surface area (Å²) in [6.45, 7) is 0. The van der Waals surface area contributed by atoms with Crippen molar-refractivity contribution in [3.63, 3.8) is 0 Å². The van der Waals surface area contributed by atoms with Crippen LogP contribution in [0.15, 0.2) is 58.6 Å². The minimum absolute atomic E-state index is 0.105. The number of aromatic nitrogens is 4. The second kappa shape index (κ2) is 5.00. The topological polar surface area (TPSA) is 88.6 Å². The maximum absolute atomic E-state index is 12.9. The lowest BCUT2D eigenvalue weighted by molar-refractivity contribution is 0.597. The predicted molar refractivity (Wildman–Crippen MR) is 86.1 cm³/mol. The van der Waals surface area contributed by atoms with Gasteiger partial charge in [0, 0.05) is 12.4 Å². The molecule has 0 spiro atoms. The molecular formula is C15H9ClN4O2S. The van der Waals surface area contributed by atoms with Crippen molar-refractivity contribution in [1.29, 1.82) is 0 Å². The zero-order valence-electron chi connectivity index (χ0n) is 11.6. The van der Waals surface area contributed by atoms with Crippen molar-refractivity contribution >= 4 is 43.5 Å². The Morgan fingerprint density at radius 2 is 1.78 bits per heavy atom. The van der Waals surface area contributed by atoms with E-state index in [1.165, 1.54) is 12.4 Å². The third-order valence-corrected chi connectivity index (χ3v) is 5.65. The van der Waals surface area contributed by atoms with Crippen LogP contribution in [0.25, 0.3) is 22.1 Å². The largest absolute Gasteiger partial charge is 0.343 e. The van der Waals surface area contributed by atoms with Gasteiger partial charge < -0.3 is 4.98 Å². The molecular weight excluding hydrogens is 336 g/mol. The summed E-state index contributed by atoms with van der Waals surface area (Å²) < 4.78 is 25.9. The predicted octanol–water partition coefficient (Wildman–Crippen LogP) is 2.99. The molecule has 0 radical (unpaired) electrons. The van der Waals surface area contributed by atoms with Crippen LogP contribution < -0.4 is 0 Å². The lowest BCUT2D eigenvalue weighted by Gasteiger charge is -2.05. The van der Waals surface area contributed by atoms with Gasteiger partial charge in [-0.15, -0.1) is 10.2 Å². The molecule has 6 nitrogen and oxygen atoms in total. The molecule has 3 heterocycles. The molecule has 3 aromatic heterocycles. The van der Waals surface area contributed by atoms with E-state index in [-0.39, 0.29) is 9.79 Å². The Bertz CT molecular complexity index is 1140. The highest BCUT2D eigenvalue weighted by Gasteiger charge is 2.24. The minimum atomic E-state index is -3.72. The Kier molecular flexibility index (Phi) is 3.07. The highest BCUT2D eigenvalue weighted by atomic mass is 35.5. The van der Waals surface area contributed by atoms with Crippen LogP contribution in [0.4, 0.5) is 0 Å². The number of halogens is 1. The molecule has 0 unspecified atom stereocenters. The van der Waals surface area contributed by atoms with Crippen molar-refractivity contribution in [1.82, 2.24) is 20.2 Å². The van der Waals surface area contributed by atoms with Gasteiger partial charge in [0.25, 0.3) is 0 Å². The SMILES string of the molecule is O=S(=O)(c1ccccc1)c1c[nH]c2nnc3nccc(Cl)c3c12. The molecule has 0 bridgehead atoms. The first-order chi connectivity index (χ1) is 11.1. The minimum Gasteiger partial charge on any atom is -0.343 e. The molecule has 0 amide bonds. The van der Waals surface area contributed by atoms with Gasteiger partial charge in [0.1, 0.15) is 0 Å². The number of aromatic amines is 1. The van der Waals surface area contributed by atoms with Crippen molar-refractivity contribution in [3.05, 3.63) is 53.8 Å². The molecule has 0 atom stereocenters. The summed E-state index contributed by atoms with van der Waals surface area (Å²) in [6.07, 6.45) is 2.91. The summed E-state index contributed by atoms with van der Waals surface area (Å²) in [6, 6.07) is 9.80. The normalized spacial score (nSPS) is 12.0. The molecule has 23 heavy (non-hydrogen) atoms. The fourth-order valence-corrected chi connectivity index (χ4v) is 4.17. The summed E-state index contributed by atoms with van der Waals surface area (Å²) in [5.41, 5.74) is 0.649. The van der Waals surface area contributed by atoms with E-state index >= 15 is 0 Å². The maximum atomic E-state index is 12.9. The number of pyridine rings is 1. The third kappa shape index (κ3) is 2.08. The van der Waals surface area contributed by atoms with Gasteiger partial charge in [-0.25, -0.2) is 13.4 Å². The van der Waals surface area contributed by atoms with Crippen LogP contribution in [-0.2, 0) is 9.84 Å². The van der Waals surface area contributed by atoms with E-state index in [1.807, 2.05) is 0 Å². The van der Waals surface area contributed by atoms with Crippen LogP contribution in [0.2, 0.25) is 5.02 Å². The van der Waals surface area contributed by atoms with Crippen LogP contribution in [-0.4, -0.2) is 28.6 Å². The van der Waals surface area contributed by atoms with Crippen molar-refractivity contribution in [2.24, 2.45) is 0 Å². The van der Waals surface area contributed by atoms with Gasteiger partial charge in [0.2, 0.25) is 9.84 Å². The molecule has 0 fully saturated rings. The second-order valence-electron chi connectivity index (χ2n) is 4.88. The number of fused-ring (bicyclic) bond motifs is 3. The molecule has 0 aliphatic heterocycles. The number of nitrogens with zero attached hydrogens (tertiary/aromatic N) is 3. The number of H-pyrrole nitrogens is 1. The van der Waals surface area contributed by atoms with Crippen molar-refractivity contribution < 1.29 is 8.42 Å². The van der Waals surface area contributed by atoms with Crippen molar-refractivity contribution in [2.75, 3.05) is 0 Å². The molecule has 1 aromatic carbocycles. The molecule has 8 heteroatoms. The van der Waals surface area contributed by atoms with Crippen LogP contribution in [0.3, 0.4) is 0 Å². The average molecular weight is 345 g/mol. The van der Waals surface area contributed by atoms with Gasteiger partial charge >= 0.3 is 0 Å². The number of benzene rings is 1. The fourth-order valence-electron chi connectivity index (χ4n) is 2.49. The zero-order chi connectivity index (χ0) is 16.0. The van der Waals surface area contributed by atoms with E-state index in [0.29, 0.717) is 27.1 Å². The van der Waals surface area contributed by atoms with E-state index in [2.05, 4.69) is 20.2 Å². The van der Waals surface area contributed by atoms with Gasteiger partial charge in [0.05, 0.1) is 25.6 Å². The lowest BCUT2D eigenvalue weighted by atomic mass is 10.2. The zero-order valence-corrected chi connectivity index (χ0v) is 13.1. The third-order valence-electron chi connectivity index (χ3n) is 3.54. The molecule has 0 aliphatic carbocycles. The second-order valence-corrected chi connectivity index (χ2v) is 7.21. The Hall–Kier alpha value is -2.51. The summed E-state index contributed by atoms with van der Waals surface area (Å²) >= 11 is 6.24. The summed E-state index contributed by atoms with van der Waals surface area (Å²) in [5.74, 6) is 0. The van der Waals surface area contributed by atoms with Gasteiger partial charge in [0.15, 0.2) is 11.3 Å². The summed E-state index contributed by atoms with van der Waals surface area (Å²) in [4.78, 5) is 7.25. The Morgan fingerprint density at radius 3 is 2.57 bits per heavy atom. The van der Waals surface area contributed by atoms with Crippen LogP contribution in [0, 0.1) is 0 Å². The van der Waals surface area contributed by atoms with E-state index in [9.17, 15) is 8.42 Å². The number of sulfone groups is 1. The van der Waals surface area contributed by atoms with Crippen LogP contribution in [0.1, 0.15) is 0 Å². The van der Waals surface area contributed by atoms with Gasteiger partial charge in [-0.2, -0.15) is 0 Å². The summed E-state index contributed by atoms with van der Waals surface area (Å²) in [5, 5.41) is 9.20. The fraction of sp³-hybridized carbons (Fsp3) is 0. The standard InChI is InChI=1S/C15H9ClN4O2S/c16-10-6-7-17-14-12(10)13-11(8-18-15(13)20-19-14)23(21,22)9-4-2-1-3-5-9/h1-8H,(H,18,20). The first-order valence-corrected chi connectivity index (χ1v) is 8.53. The molecule has 1 N–H and O–H groups in total. The lowest BCUT2D eigenvalue weighted by Crippen LogP contribution is -2.01. The molecule has 114 valence electrons. The van der Waals surface area contributed by atoms with Crippen molar-refractivity contribution in [3.8, 4) is 0 Å². The molecule has 4 aromatic rings. The highest BCUT2D eigenvalue weighted by Crippen LogP contribution is 2.34. The number of rotatable bonds is 2. The Balaban J connectivity index is 2.14.